The molecule has 0 aliphatic heterocycles. The first-order valence-corrected chi connectivity index (χ1v) is 13.5. The number of Topliss-reactive ketones (excluding diaryl/α,β-unsaturated/α-hetero) is 5. The summed E-state index contributed by atoms with van der Waals surface area (Å²) in [6, 6.07) is -0.592. The zero-order valence-corrected chi connectivity index (χ0v) is 31.8. The van der Waals surface area contributed by atoms with Gasteiger partial charge in [-0.1, -0.05) is 6.92 Å². The quantitative estimate of drug-likeness (QED) is 0.0534. The number of methoxy groups -OCH3 is 2. The molecule has 0 fully saturated rings. The number of hydrogen-bond acceptors (Lipinski definition) is 10. The summed E-state index contributed by atoms with van der Waals surface area (Å²) < 4.78 is 20.5. The Balaban J connectivity index is -0.00000684. The first-order chi connectivity index (χ1) is 18.3. The van der Waals surface area contributed by atoms with E-state index in [0.717, 1.165) is 0 Å². The summed E-state index contributed by atoms with van der Waals surface area (Å²) in [6.07, 6.45) is 2.01. The number of nitrogens with one attached hydrogen (secondary N) is 1. The molecule has 0 saturated heterocycles. The predicted octanol–water partition coefficient (Wildman–Crippen LogP) is -3.50. The second-order valence-electron chi connectivity index (χ2n) is 9.12. The molecule has 40 heavy (non-hydrogen) atoms. The van der Waals surface area contributed by atoms with Crippen molar-refractivity contribution >= 4 is 28.9 Å². The second kappa shape index (κ2) is 31.8. The molecule has 0 amide bonds. The summed E-state index contributed by atoms with van der Waals surface area (Å²) >= 11 is 0. The molecule has 0 bridgehead atoms. The van der Waals surface area contributed by atoms with E-state index in [0.29, 0.717) is 52.6 Å². The van der Waals surface area contributed by atoms with Crippen LogP contribution in [0.2, 0.25) is 0 Å². The van der Waals surface area contributed by atoms with E-state index in [9.17, 15) is 24.0 Å². The van der Waals surface area contributed by atoms with E-state index in [-0.39, 0.29) is 189 Å². The maximum absolute atomic E-state index is 12.9. The molecule has 0 aliphatic rings. The number of carbonyl (C=O) groups excluding carboxylic acids is 5. The molecule has 0 aliphatic carbocycles. The third-order valence-electron chi connectivity index (χ3n) is 6.03. The van der Waals surface area contributed by atoms with Crippen LogP contribution in [0, 0.1) is 12.8 Å². The van der Waals surface area contributed by atoms with Gasteiger partial charge in [0, 0.05) is 78.2 Å². The fourth-order valence-corrected chi connectivity index (χ4v) is 3.73. The Morgan fingerprint density at radius 2 is 1.30 bits per heavy atom. The van der Waals surface area contributed by atoms with Crippen molar-refractivity contribution in [3.8, 4) is 0 Å². The second-order valence-corrected chi connectivity index (χ2v) is 9.12. The Morgan fingerprint density at radius 3 is 1.88 bits per heavy atom. The summed E-state index contributed by atoms with van der Waals surface area (Å²) in [5.74, 6) is -1.13. The third kappa shape index (κ3) is 25.9. The minimum absolute atomic E-state index is 0. The van der Waals surface area contributed by atoms with Crippen LogP contribution in [0.15, 0.2) is 0 Å². The molecule has 0 aromatic heterocycles. The van der Waals surface area contributed by atoms with Crippen LogP contribution in [0.4, 0.5) is 0 Å². The minimum atomic E-state index is -0.642. The van der Waals surface area contributed by atoms with Crippen molar-refractivity contribution in [3.05, 3.63) is 6.92 Å². The number of carbonyl (C=O) groups is 5. The fraction of sp³-hybridized carbons (Fsp3) is 0.786. The van der Waals surface area contributed by atoms with E-state index in [1.54, 1.807) is 21.1 Å². The monoisotopic (exact) mass is 620 g/mol. The third-order valence-corrected chi connectivity index (χ3v) is 6.03. The van der Waals surface area contributed by atoms with Crippen LogP contribution in [-0.2, 0) is 42.9 Å². The molecule has 0 spiro atoms. The van der Waals surface area contributed by atoms with Crippen LogP contribution in [-0.4, -0.2) is 95.4 Å². The first kappa shape index (κ1) is 45.8. The zero-order chi connectivity index (χ0) is 28.6. The van der Waals surface area contributed by atoms with Crippen molar-refractivity contribution in [1.82, 2.24) is 5.32 Å². The van der Waals surface area contributed by atoms with Gasteiger partial charge in [0.2, 0.25) is 0 Å². The van der Waals surface area contributed by atoms with Gasteiger partial charge in [0.05, 0.1) is 39.1 Å². The number of rotatable bonds is 28. The van der Waals surface area contributed by atoms with Gasteiger partial charge in [-0.15, -0.1) is 6.42 Å². The van der Waals surface area contributed by atoms with Crippen molar-refractivity contribution in [2.75, 3.05) is 60.4 Å². The smallest absolute Gasteiger partial charge is 0.382 e. The maximum Gasteiger partial charge on any atom is 1.00 e. The summed E-state index contributed by atoms with van der Waals surface area (Å²) in [5.41, 5.74) is 0. The Kier molecular flexibility index (Phi) is 36.5. The van der Waals surface area contributed by atoms with Crippen LogP contribution >= 0.6 is 0 Å². The van der Waals surface area contributed by atoms with E-state index < -0.39 is 12.0 Å². The van der Waals surface area contributed by atoms with E-state index in [1.807, 2.05) is 0 Å². The zero-order valence-electron chi connectivity index (χ0n) is 25.6. The maximum atomic E-state index is 12.9. The fourth-order valence-electron chi connectivity index (χ4n) is 3.73. The molecule has 0 aromatic carbocycles. The van der Waals surface area contributed by atoms with E-state index >= 15 is 0 Å². The van der Waals surface area contributed by atoms with Crippen molar-refractivity contribution in [1.29, 1.82) is 0 Å². The molecular weight excluding hydrogens is 573 g/mol. The Labute approximate surface area is 325 Å². The largest absolute Gasteiger partial charge is 1.00 e. The van der Waals surface area contributed by atoms with Gasteiger partial charge in [-0.2, -0.15) is 0 Å². The molecule has 0 rings (SSSR count). The Bertz CT molecular complexity index is 707. The van der Waals surface area contributed by atoms with Gasteiger partial charge in [0.25, 0.3) is 0 Å². The van der Waals surface area contributed by atoms with E-state index in [4.69, 9.17) is 18.9 Å². The minimum Gasteiger partial charge on any atom is -0.382 e. The number of ether oxygens (including phenoxy) is 4. The molecular formula is C28H48K2NO9+. The molecule has 10 nitrogen and oxygen atoms in total. The summed E-state index contributed by atoms with van der Waals surface area (Å²) in [4.78, 5) is 61.7. The van der Waals surface area contributed by atoms with E-state index in [1.165, 1.54) is 0 Å². The molecule has 2 atom stereocenters. The molecule has 0 aromatic rings. The Hall–Kier alpha value is 1.42. The summed E-state index contributed by atoms with van der Waals surface area (Å²) in [7, 11) is 3.16. The first-order valence-electron chi connectivity index (χ1n) is 13.5. The number of hydrogen-bond donors (Lipinski definition) is 1. The van der Waals surface area contributed by atoms with Gasteiger partial charge in [-0.25, -0.2) is 0 Å². The molecule has 0 heterocycles. The number of ketones is 5. The van der Waals surface area contributed by atoms with Gasteiger partial charge in [0.15, 0.2) is 0 Å². The van der Waals surface area contributed by atoms with Crippen LogP contribution in [0.3, 0.4) is 0 Å². The SMILES string of the molecule is [CH2-]CC(=O)CC(CC(=O)CCC(NCCC(=O)CCOCCOC)C(=O)CCCOCCOC)C(=O)CC.[K+].[K+]. The van der Waals surface area contributed by atoms with Crippen molar-refractivity contribution in [3.63, 3.8) is 0 Å². The standard InChI is InChI=1S/C28H48NO9.2K/c1-5-23(30)20-22(27(33)6-2)21-25(32)9-10-26(28(34)8-7-14-37-18-16-35-3)29-13-11-24(31)12-15-38-19-17-36-4;;/h22,26,29H,1,5-21H2,2-4H3;;/q-1;2*+1. The molecule has 12 heteroatoms. The van der Waals surface area contributed by atoms with Crippen LogP contribution in [0.1, 0.15) is 71.1 Å². The Morgan fingerprint density at radius 1 is 0.700 bits per heavy atom. The van der Waals surface area contributed by atoms with E-state index in [2.05, 4.69) is 12.2 Å². The summed E-state index contributed by atoms with van der Waals surface area (Å²) in [6.45, 7) is 8.13. The van der Waals surface area contributed by atoms with Gasteiger partial charge < -0.3 is 36.0 Å². The van der Waals surface area contributed by atoms with Crippen LogP contribution < -0.4 is 108 Å². The average Bonchev–Trinajstić information content (AvgIpc) is 2.91. The van der Waals surface area contributed by atoms with Crippen molar-refractivity contribution in [2.45, 2.75) is 77.2 Å². The van der Waals surface area contributed by atoms with Crippen LogP contribution in [0.5, 0.6) is 0 Å². The van der Waals surface area contributed by atoms with Crippen LogP contribution in [0.25, 0.3) is 0 Å². The topological polar surface area (TPSA) is 134 Å². The molecule has 0 radical (unpaired) electrons. The predicted molar refractivity (Wildman–Crippen MR) is 143 cm³/mol. The molecule has 220 valence electrons. The van der Waals surface area contributed by atoms with Gasteiger partial charge in [-0.3, -0.25) is 19.2 Å². The molecule has 0 saturated carbocycles. The van der Waals surface area contributed by atoms with Gasteiger partial charge in [0.1, 0.15) is 28.9 Å². The van der Waals surface area contributed by atoms with Crippen molar-refractivity contribution in [2.24, 2.45) is 5.92 Å². The normalized spacial score (nSPS) is 12.1. The van der Waals surface area contributed by atoms with Gasteiger partial charge >= 0.3 is 103 Å². The van der Waals surface area contributed by atoms with Crippen molar-refractivity contribution < 1.29 is 146 Å². The summed E-state index contributed by atoms with van der Waals surface area (Å²) in [5, 5.41) is 3.13. The average molecular weight is 621 g/mol. The molecule has 1 N–H and O–H groups in total. The van der Waals surface area contributed by atoms with Gasteiger partial charge in [-0.05, 0) is 12.8 Å². The molecule has 2 unspecified atom stereocenters.